The zero-order valence-electron chi connectivity index (χ0n) is 82.8. The molecule has 0 spiro atoms. The van der Waals surface area contributed by atoms with Crippen LogP contribution in [0.15, 0.2) is 226 Å². The maximum absolute atomic E-state index is 11.2. The quantitative estimate of drug-likeness (QED) is 0.00595. The van der Waals surface area contributed by atoms with E-state index in [1.807, 2.05) is 186 Å². The molecular weight excluding hydrogens is 2080 g/mol. The molecule has 0 bridgehead atoms. The summed E-state index contributed by atoms with van der Waals surface area (Å²) >= 11 is 32.0. The number of Topliss-reactive ketones (excluding diaryl/α,β-unsaturated/α-hetero) is 1. The minimum Gasteiger partial charge on any atom is -0.870 e. The van der Waals surface area contributed by atoms with Crippen molar-refractivity contribution in [2.45, 2.75) is 180 Å². The van der Waals surface area contributed by atoms with E-state index < -0.39 is 16.9 Å². The molecular formula is C94H116ArCl7LiN25O17P. The molecule has 0 aliphatic rings. The molecule has 0 aliphatic carbocycles. The van der Waals surface area contributed by atoms with Gasteiger partial charge < -0.3 is 32.2 Å². The molecule has 13 aromatic heterocycles. The van der Waals surface area contributed by atoms with Gasteiger partial charge in [-0.25, -0.2) is 43.7 Å². The first kappa shape index (κ1) is 146. The fraction of sp³-hybridized carbons (Fsp3) is 0.298. The molecule has 0 unspecified atom stereocenters. The second kappa shape index (κ2) is 90.1. The van der Waals surface area contributed by atoms with Crippen molar-refractivity contribution >= 4 is 168 Å². The van der Waals surface area contributed by atoms with Crippen molar-refractivity contribution in [3.8, 4) is 6.07 Å². The summed E-state index contributed by atoms with van der Waals surface area (Å²) < 4.78 is 26.9. The van der Waals surface area contributed by atoms with Crippen LogP contribution in [-0.4, -0.2) is 150 Å². The van der Waals surface area contributed by atoms with Gasteiger partial charge >= 0.3 is 66.9 Å². The summed E-state index contributed by atoms with van der Waals surface area (Å²) in [5, 5.41) is 29.2. The zero-order chi connectivity index (χ0) is 106. The number of amides is 1. The van der Waals surface area contributed by atoms with E-state index in [0.717, 1.165) is 132 Å². The summed E-state index contributed by atoms with van der Waals surface area (Å²) in [4.78, 5) is 150. The molecule has 13 aromatic rings. The number of nitriles is 1. The Morgan fingerprint density at radius 1 is 0.534 bits per heavy atom. The molecule has 13 rings (SSSR count). The van der Waals surface area contributed by atoms with Gasteiger partial charge in [0.25, 0.3) is 0 Å². The number of allylic oxidation sites excluding steroid dienone is 2. The van der Waals surface area contributed by atoms with Crippen LogP contribution in [0.5, 0.6) is 0 Å². The number of hydrogen-bond donors (Lipinski definition) is 7. The van der Waals surface area contributed by atoms with E-state index in [1.54, 1.807) is 110 Å². The van der Waals surface area contributed by atoms with Crippen molar-refractivity contribution in [3.05, 3.63) is 303 Å². The van der Waals surface area contributed by atoms with Crippen LogP contribution in [-0.2, 0) is 123 Å². The fourth-order valence-electron chi connectivity index (χ4n) is 10.7. The van der Waals surface area contributed by atoms with E-state index in [4.69, 9.17) is 109 Å². The number of nitrogens with zero attached hydrogens (tertiary/aromatic N) is 18. The second-order valence-corrected chi connectivity index (χ2v) is 35.9. The smallest absolute Gasteiger partial charge is 0.870 e. The predicted molar refractivity (Wildman–Crippen MR) is 543 cm³/mol. The molecule has 0 aromatic carbocycles. The molecule has 52 heteroatoms. The number of pyridine rings is 9. The van der Waals surface area contributed by atoms with Gasteiger partial charge in [-0.1, -0.05) is 62.5 Å². The van der Waals surface area contributed by atoms with Gasteiger partial charge in [0, 0.05) is 180 Å². The number of alkyl halides is 1. The van der Waals surface area contributed by atoms with Crippen molar-refractivity contribution in [2.75, 3.05) is 17.7 Å². The normalized spacial score (nSPS) is 9.30. The number of nitrogens with two attached hydrogens (primary N) is 2. The Bertz CT molecular complexity index is 6000. The average molecular weight is 2190 g/mol. The number of fused-ring (bicyclic) bond motifs is 2. The van der Waals surface area contributed by atoms with E-state index in [1.165, 1.54) is 18.1 Å². The molecule has 782 valence electrons. The number of anilines is 2. The third-order valence-corrected chi connectivity index (χ3v) is 17.8. The Labute approximate surface area is 923 Å². The van der Waals surface area contributed by atoms with Crippen molar-refractivity contribution < 1.29 is 138 Å². The third kappa shape index (κ3) is 69.5. The van der Waals surface area contributed by atoms with E-state index in [0.29, 0.717) is 56.1 Å². The Hall–Kier alpha value is -12.5. The van der Waals surface area contributed by atoms with Crippen molar-refractivity contribution in [1.29, 1.82) is 5.26 Å². The minimum absolute atomic E-state index is 0. The van der Waals surface area contributed by atoms with Crippen LogP contribution in [0.1, 0.15) is 162 Å². The van der Waals surface area contributed by atoms with Crippen molar-refractivity contribution in [3.63, 3.8) is 0 Å². The van der Waals surface area contributed by atoms with E-state index in [2.05, 4.69) is 154 Å². The van der Waals surface area contributed by atoms with Crippen LogP contribution < -0.4 is 58.2 Å². The Balaban J connectivity index is -0.000000294. The van der Waals surface area contributed by atoms with Gasteiger partial charge in [0.05, 0.1) is 88.9 Å². The Morgan fingerprint density at radius 3 is 1.21 bits per heavy atom. The van der Waals surface area contributed by atoms with Crippen LogP contribution in [0.3, 0.4) is 0 Å². The van der Waals surface area contributed by atoms with Gasteiger partial charge in [0.15, 0.2) is 11.3 Å². The maximum Gasteiger partial charge on any atom is 1.00 e. The maximum atomic E-state index is 11.2. The van der Waals surface area contributed by atoms with Gasteiger partial charge in [0.1, 0.15) is 23.0 Å². The first-order valence-corrected chi connectivity index (χ1v) is 47.6. The summed E-state index contributed by atoms with van der Waals surface area (Å²) in [6, 6.07) is 34.6. The number of esters is 1. The molecule has 0 saturated carbocycles. The molecule has 146 heavy (non-hydrogen) atoms. The molecule has 12 N–H and O–H groups in total. The van der Waals surface area contributed by atoms with Crippen LogP contribution in [0, 0.1) is 76.8 Å². The van der Waals surface area contributed by atoms with Gasteiger partial charge in [0.2, 0.25) is 0 Å². The van der Waals surface area contributed by atoms with Crippen LogP contribution in [0.2, 0.25) is 10.0 Å². The number of halogens is 7. The number of rotatable bonds is 23. The van der Waals surface area contributed by atoms with Crippen molar-refractivity contribution in [2.24, 2.45) is 5.84 Å². The standard InChI is InChI=1S/C16H22N4.C15H15ClN4.C13H11ClN4.C11H17N3O2.C10H12N4.C8H14O2.C6H6ClN.C6H9N3.C4H5NO.5CO2.Ar.Cl3OP.ClH.Li.H3N.H2O/c1-4-14(5-2)11-18-16-10-13(3)19-20(16)12-15-6-8-17-9-7-15;1-3-12-8-18-15-13(14(12)16)10(2)19-20(15)9-11-4-6-17-7-5-11;1-9-12-11(14)4-7-16-13(12)18(17-9)8-10-2-5-15-6-3-10;1-11(2,3)16-10(15)14-13-8-9-4-6-12-7-5-9;1-8-6-10(11)14(13-8)7-9-2-4-12-5-3-9;1-4-7(5-2)8(9)10-6-3;7-5-6-1-3-8-4-2-6;7-9-5-6-1-3-8-4-2-6;1-4(6)2-3-5;5*2-1-3;;1-5(2,3)4;;;;/h6-11,18H,4-5,12H2,1-3H3;4-8H,3,9H2,1-2H3;2-7H,8H2,1H3;4-7,13H,8H2,1-3H3,(H,14,15);2-6H,7,11H2,1H3;4H,5-6H2,1-3H3;1-4H,5H2;1-4,9H,5,7H2;2H2,1H3;;;;;;;;1H;;1H3;1H2/q;;;;;;;;;;;;;;;;;+1;;/p-1/b;;;;;7-4+;;;;;;;;;;;;;;. The fourth-order valence-corrected chi connectivity index (χ4v) is 11.5. The van der Waals surface area contributed by atoms with Gasteiger partial charge in [-0.15, -0.1) is 24.0 Å². The number of carbonyl (C=O) groups is 3. The van der Waals surface area contributed by atoms with Gasteiger partial charge in [-0.2, -0.15) is 73.6 Å². The Morgan fingerprint density at radius 2 is 0.890 bits per heavy atom. The van der Waals surface area contributed by atoms with E-state index >= 15 is 0 Å². The van der Waals surface area contributed by atoms with Crippen molar-refractivity contribution in [1.82, 2.24) is 106 Å². The zero-order valence-corrected chi connectivity index (χ0v) is 89.7. The number of hydrazine groups is 2. The number of aryl methyl sites for hydroxylation is 5. The van der Waals surface area contributed by atoms with Gasteiger partial charge in [-0.3, -0.25) is 60.9 Å². The van der Waals surface area contributed by atoms with Gasteiger partial charge in [-0.05, 0) is 264 Å². The summed E-state index contributed by atoms with van der Waals surface area (Å²) in [5.41, 5.74) is 29.6. The molecule has 13 heterocycles. The number of ether oxygens (including phenoxy) is 2. The van der Waals surface area contributed by atoms with Crippen LogP contribution >= 0.6 is 86.1 Å². The number of aromatic nitrogens is 17. The minimum atomic E-state index is -3.22. The monoisotopic (exact) mass is 2190 g/mol. The number of nitrogen functional groups attached to an aromatic ring is 1. The molecule has 0 fully saturated rings. The number of nitrogens with one attached hydrogen (secondary N) is 4. The summed E-state index contributed by atoms with van der Waals surface area (Å²) in [6.45, 7) is 31.2. The number of hydrogen-bond acceptors (Lipinski definition) is 37. The van der Waals surface area contributed by atoms with Crippen LogP contribution in [0.4, 0.5) is 16.4 Å². The molecule has 0 saturated heterocycles. The molecule has 0 radical (unpaired) electrons. The summed E-state index contributed by atoms with van der Waals surface area (Å²) in [5.74, 6) is 7.12. The Kier molecular flexibility index (Phi) is 90.4. The molecule has 1 amide bonds. The third-order valence-electron chi connectivity index (χ3n) is 16.8. The molecule has 0 atom stereocenters. The van der Waals surface area contributed by atoms with E-state index in [9.17, 15) is 18.9 Å². The SMILES string of the molecule is C/C=C(\CC)C(=O)OCC.CC(=O)CC#N.CC(C)(C)OC(=O)NNCc1ccncc1.CCC(=CNc1cc(C)nn1Cc1ccncc1)CC.CCc1cnc2c(c(C)nn2Cc2ccncc2)c1Cl.Cc1cc(N)n(Cc2ccncc2)n1.Cc1nn(Cc2ccncc2)c2nccc(Cl)c12.Cl.ClCc1ccncc1.N.NNCc1ccncc1.O=C=O.O=C=O.O=C=O.O=C=O.O=C=O.O=P(Cl)(Cl)Cl.[Ar].[Li+].[OH-]. The summed E-state index contributed by atoms with van der Waals surface area (Å²) in [6.07, 6.45) is 36.6. The molecule has 42 nitrogen and oxygen atoms in total. The molecule has 0 aliphatic heterocycles. The largest absolute Gasteiger partial charge is 1.00 e. The van der Waals surface area contributed by atoms with Crippen LogP contribution in [0.25, 0.3) is 22.1 Å². The number of carbonyl (C=O) groups excluding carboxylic acids is 13. The second-order valence-electron chi connectivity index (χ2n) is 28.2. The first-order chi connectivity index (χ1) is 67.4. The summed E-state index contributed by atoms with van der Waals surface area (Å²) in [7, 11) is 0. The number of ketones is 1. The first-order valence-electron chi connectivity index (χ1n) is 41.9. The van der Waals surface area contributed by atoms with E-state index in [-0.39, 0.29) is 130 Å². The predicted octanol–water partition coefficient (Wildman–Crippen LogP) is 14.4. The average Bonchev–Trinajstić information content (AvgIpc) is 1.61. The topological polar surface area (TPSA) is 634 Å².